The molecule has 0 N–H and O–H groups in total. The van der Waals surface area contributed by atoms with Gasteiger partial charge in [0.05, 0.1) is 0 Å². The van der Waals surface area contributed by atoms with Crippen LogP contribution in [0.5, 0.6) is 0 Å². The first-order valence-corrected chi connectivity index (χ1v) is 4.07. The van der Waals surface area contributed by atoms with Crippen molar-refractivity contribution >= 4 is 6.41 Å². The molecule has 0 unspecified atom stereocenters. The number of rotatable bonds is 1. The van der Waals surface area contributed by atoms with Crippen molar-refractivity contribution in [2.45, 2.75) is 20.0 Å². The molecule has 0 saturated heterocycles. The third-order valence-electron chi connectivity index (χ3n) is 2.26. The van der Waals surface area contributed by atoms with Gasteiger partial charge >= 0.3 is 0 Å². The van der Waals surface area contributed by atoms with E-state index in [0.717, 1.165) is 19.5 Å². The van der Waals surface area contributed by atoms with Crippen LogP contribution in [0.15, 0.2) is 18.2 Å². The van der Waals surface area contributed by atoms with Gasteiger partial charge in [-0.2, -0.15) is 0 Å². The topological polar surface area (TPSA) is 20.3 Å². The summed E-state index contributed by atoms with van der Waals surface area (Å²) in [5.74, 6) is 0. The zero-order valence-corrected chi connectivity index (χ0v) is 7.08. The minimum Gasteiger partial charge on any atom is -0.337 e. The maximum absolute atomic E-state index is 10.5. The molecule has 62 valence electrons. The van der Waals surface area contributed by atoms with Gasteiger partial charge in [-0.3, -0.25) is 4.79 Å². The second kappa shape index (κ2) is 2.63. The molecule has 1 aliphatic heterocycles. The Kier molecular flexibility index (Phi) is 1.61. The van der Waals surface area contributed by atoms with Crippen molar-refractivity contribution < 1.29 is 4.79 Å². The molecule has 1 aromatic rings. The Morgan fingerprint density at radius 3 is 2.83 bits per heavy atom. The maximum atomic E-state index is 10.5. The van der Waals surface area contributed by atoms with Crippen LogP contribution in [0.2, 0.25) is 0 Å². The molecule has 0 saturated carbocycles. The zero-order valence-electron chi connectivity index (χ0n) is 7.08. The molecule has 0 aliphatic carbocycles. The van der Waals surface area contributed by atoms with E-state index in [1.807, 2.05) is 0 Å². The molecule has 2 rings (SSSR count). The fourth-order valence-corrected chi connectivity index (χ4v) is 1.62. The standard InChI is InChI=1S/C10H11NO/c1-8-2-3-9-5-11(7-12)6-10(9)4-8/h2-4,7H,5-6H2,1H3. The van der Waals surface area contributed by atoms with Crippen molar-refractivity contribution in [1.82, 2.24) is 4.90 Å². The molecule has 1 heterocycles. The van der Waals surface area contributed by atoms with Crippen molar-refractivity contribution in [3.8, 4) is 0 Å². The lowest BCUT2D eigenvalue weighted by Crippen LogP contribution is -2.12. The van der Waals surface area contributed by atoms with Gasteiger partial charge in [-0.05, 0) is 18.1 Å². The minimum atomic E-state index is 0.777. The van der Waals surface area contributed by atoms with E-state index in [-0.39, 0.29) is 0 Å². The van der Waals surface area contributed by atoms with Gasteiger partial charge < -0.3 is 4.90 Å². The van der Waals surface area contributed by atoms with Crippen LogP contribution in [0.3, 0.4) is 0 Å². The summed E-state index contributed by atoms with van der Waals surface area (Å²) in [6, 6.07) is 6.35. The van der Waals surface area contributed by atoms with E-state index in [9.17, 15) is 4.79 Å². The van der Waals surface area contributed by atoms with Crippen LogP contribution in [-0.2, 0) is 17.9 Å². The van der Waals surface area contributed by atoms with Crippen molar-refractivity contribution in [2.24, 2.45) is 0 Å². The number of fused-ring (bicyclic) bond motifs is 1. The van der Waals surface area contributed by atoms with Crippen LogP contribution >= 0.6 is 0 Å². The molecule has 0 bridgehead atoms. The number of hydrogen-bond donors (Lipinski definition) is 0. The second-order valence-corrected chi connectivity index (χ2v) is 3.28. The highest BCUT2D eigenvalue weighted by Crippen LogP contribution is 2.21. The fraction of sp³-hybridized carbons (Fsp3) is 0.300. The lowest BCUT2D eigenvalue weighted by Gasteiger charge is -2.04. The van der Waals surface area contributed by atoms with Crippen molar-refractivity contribution in [1.29, 1.82) is 0 Å². The number of nitrogens with zero attached hydrogens (tertiary/aromatic N) is 1. The summed E-state index contributed by atoms with van der Waals surface area (Å²) in [5, 5.41) is 0. The normalized spacial score (nSPS) is 14.6. The van der Waals surface area contributed by atoms with E-state index in [0.29, 0.717) is 0 Å². The number of amides is 1. The molecular weight excluding hydrogens is 150 g/mol. The summed E-state index contributed by atoms with van der Waals surface area (Å²) >= 11 is 0. The molecule has 12 heavy (non-hydrogen) atoms. The van der Waals surface area contributed by atoms with Gasteiger partial charge in [0.25, 0.3) is 0 Å². The molecule has 1 aromatic carbocycles. The van der Waals surface area contributed by atoms with Gasteiger partial charge in [0.15, 0.2) is 0 Å². The van der Waals surface area contributed by atoms with Gasteiger partial charge in [0.2, 0.25) is 6.41 Å². The Morgan fingerprint density at radius 2 is 2.08 bits per heavy atom. The lowest BCUT2D eigenvalue weighted by atomic mass is 10.1. The van der Waals surface area contributed by atoms with E-state index in [1.54, 1.807) is 4.90 Å². The van der Waals surface area contributed by atoms with Gasteiger partial charge in [-0.15, -0.1) is 0 Å². The lowest BCUT2D eigenvalue weighted by molar-refractivity contribution is -0.118. The van der Waals surface area contributed by atoms with Crippen molar-refractivity contribution in [3.63, 3.8) is 0 Å². The number of hydrogen-bond acceptors (Lipinski definition) is 1. The van der Waals surface area contributed by atoms with Crippen LogP contribution in [0.1, 0.15) is 16.7 Å². The molecule has 0 atom stereocenters. The Bertz CT molecular complexity index is 320. The quantitative estimate of drug-likeness (QED) is 0.571. The molecule has 2 nitrogen and oxygen atoms in total. The van der Waals surface area contributed by atoms with E-state index in [1.165, 1.54) is 16.7 Å². The third-order valence-corrected chi connectivity index (χ3v) is 2.26. The first-order valence-electron chi connectivity index (χ1n) is 4.07. The molecule has 1 aliphatic rings. The fourth-order valence-electron chi connectivity index (χ4n) is 1.62. The predicted molar refractivity (Wildman–Crippen MR) is 46.5 cm³/mol. The average molecular weight is 161 g/mol. The van der Waals surface area contributed by atoms with Crippen LogP contribution in [0.4, 0.5) is 0 Å². The van der Waals surface area contributed by atoms with Crippen LogP contribution in [0, 0.1) is 6.92 Å². The molecule has 2 heteroatoms. The first-order chi connectivity index (χ1) is 5.79. The van der Waals surface area contributed by atoms with Crippen molar-refractivity contribution in [2.75, 3.05) is 0 Å². The first kappa shape index (κ1) is 7.35. The predicted octanol–water partition coefficient (Wildman–Crippen LogP) is 1.47. The summed E-state index contributed by atoms with van der Waals surface area (Å²) in [7, 11) is 0. The van der Waals surface area contributed by atoms with Crippen LogP contribution in [0.25, 0.3) is 0 Å². The highest BCUT2D eigenvalue weighted by molar-refractivity contribution is 5.51. The largest absolute Gasteiger partial charge is 0.337 e. The molecule has 0 radical (unpaired) electrons. The van der Waals surface area contributed by atoms with Gasteiger partial charge in [-0.1, -0.05) is 23.8 Å². The van der Waals surface area contributed by atoms with E-state index >= 15 is 0 Å². The van der Waals surface area contributed by atoms with Gasteiger partial charge in [-0.25, -0.2) is 0 Å². The van der Waals surface area contributed by atoms with E-state index in [2.05, 4.69) is 25.1 Å². The second-order valence-electron chi connectivity index (χ2n) is 3.28. The Morgan fingerprint density at radius 1 is 1.33 bits per heavy atom. The highest BCUT2D eigenvalue weighted by Gasteiger charge is 2.16. The van der Waals surface area contributed by atoms with E-state index < -0.39 is 0 Å². The van der Waals surface area contributed by atoms with Gasteiger partial charge in [0.1, 0.15) is 0 Å². The Labute approximate surface area is 71.8 Å². The van der Waals surface area contributed by atoms with Crippen LogP contribution < -0.4 is 0 Å². The summed E-state index contributed by atoms with van der Waals surface area (Å²) in [5.41, 5.74) is 3.84. The molecular formula is C10H11NO. The SMILES string of the molecule is Cc1ccc2c(c1)CN(C=O)C2. The highest BCUT2D eigenvalue weighted by atomic mass is 16.1. The molecule has 1 amide bonds. The van der Waals surface area contributed by atoms with Gasteiger partial charge in [0, 0.05) is 13.1 Å². The third kappa shape index (κ3) is 1.09. The molecule has 0 fully saturated rings. The Balaban J connectivity index is 2.35. The molecule has 0 spiro atoms. The maximum Gasteiger partial charge on any atom is 0.210 e. The summed E-state index contributed by atoms with van der Waals surface area (Å²) < 4.78 is 0. The summed E-state index contributed by atoms with van der Waals surface area (Å²) in [6.45, 7) is 3.63. The van der Waals surface area contributed by atoms with Crippen molar-refractivity contribution in [3.05, 3.63) is 34.9 Å². The zero-order chi connectivity index (χ0) is 8.55. The summed E-state index contributed by atoms with van der Waals surface area (Å²) in [4.78, 5) is 12.3. The minimum absolute atomic E-state index is 0.777. The number of benzene rings is 1. The smallest absolute Gasteiger partial charge is 0.210 e. The average Bonchev–Trinajstić information content (AvgIpc) is 2.46. The number of carbonyl (C=O) groups is 1. The monoisotopic (exact) mass is 161 g/mol. The summed E-state index contributed by atoms with van der Waals surface area (Å²) in [6.07, 6.45) is 0.912. The number of aryl methyl sites for hydroxylation is 1. The van der Waals surface area contributed by atoms with Crippen LogP contribution in [-0.4, -0.2) is 11.3 Å². The number of carbonyl (C=O) groups excluding carboxylic acids is 1. The molecule has 0 aromatic heterocycles. The Hall–Kier alpha value is -1.31. The van der Waals surface area contributed by atoms with E-state index in [4.69, 9.17) is 0 Å².